The number of nitrogens with zero attached hydrogens (tertiary/aromatic N) is 1. The number of ketones is 2. The molecular formula is C16H15NO3. The summed E-state index contributed by atoms with van der Waals surface area (Å²) in [5.74, 6) is -1.08. The van der Waals surface area contributed by atoms with Crippen molar-refractivity contribution in [2.75, 3.05) is 4.90 Å². The smallest absolute Gasteiger partial charge is 0.227 e. The fourth-order valence-electron chi connectivity index (χ4n) is 2.73. The molecule has 2 aliphatic rings. The second-order valence-electron chi connectivity index (χ2n) is 5.62. The second-order valence-corrected chi connectivity index (χ2v) is 5.62. The van der Waals surface area contributed by atoms with Crippen molar-refractivity contribution in [1.82, 2.24) is 0 Å². The van der Waals surface area contributed by atoms with E-state index in [0.717, 1.165) is 5.69 Å². The summed E-state index contributed by atoms with van der Waals surface area (Å²) < 4.78 is 0. The Morgan fingerprint density at radius 2 is 1.65 bits per heavy atom. The van der Waals surface area contributed by atoms with Crippen LogP contribution in [0.5, 0.6) is 0 Å². The number of hydrogen-bond acceptors (Lipinski definition) is 4. The lowest BCUT2D eigenvalue weighted by Gasteiger charge is -2.28. The molecule has 4 heteroatoms. The maximum absolute atomic E-state index is 11.7. The van der Waals surface area contributed by atoms with Crippen molar-refractivity contribution in [3.63, 3.8) is 0 Å². The van der Waals surface area contributed by atoms with Crippen molar-refractivity contribution in [2.45, 2.75) is 20.1 Å². The number of fused-ring (bicyclic) bond motifs is 1. The molecule has 0 radical (unpaired) electrons. The van der Waals surface area contributed by atoms with E-state index in [1.807, 2.05) is 44.2 Å². The van der Waals surface area contributed by atoms with E-state index < -0.39 is 23.2 Å². The van der Waals surface area contributed by atoms with Gasteiger partial charge in [0.05, 0.1) is 5.70 Å². The summed E-state index contributed by atoms with van der Waals surface area (Å²) in [7, 11) is 0. The molecule has 4 nitrogen and oxygen atoms in total. The van der Waals surface area contributed by atoms with Gasteiger partial charge in [0.1, 0.15) is 6.23 Å². The molecule has 1 unspecified atom stereocenters. The predicted octanol–water partition coefficient (Wildman–Crippen LogP) is 1.81. The predicted molar refractivity (Wildman–Crippen MR) is 74.9 cm³/mol. The monoisotopic (exact) mass is 269 g/mol. The first-order valence-corrected chi connectivity index (χ1v) is 6.48. The van der Waals surface area contributed by atoms with Crippen molar-refractivity contribution >= 4 is 17.3 Å². The Morgan fingerprint density at radius 1 is 1.05 bits per heavy atom. The van der Waals surface area contributed by atoms with Crippen LogP contribution >= 0.6 is 0 Å². The van der Waals surface area contributed by atoms with E-state index in [1.54, 1.807) is 4.90 Å². The number of aliphatic hydroxyl groups is 1. The zero-order valence-corrected chi connectivity index (χ0v) is 11.3. The topological polar surface area (TPSA) is 57.6 Å². The van der Waals surface area contributed by atoms with Gasteiger partial charge in [0, 0.05) is 17.2 Å². The first kappa shape index (κ1) is 12.8. The lowest BCUT2D eigenvalue weighted by Crippen LogP contribution is -2.36. The molecule has 1 aliphatic carbocycles. The molecule has 0 saturated carbocycles. The van der Waals surface area contributed by atoms with E-state index in [0.29, 0.717) is 11.3 Å². The first-order valence-electron chi connectivity index (χ1n) is 6.48. The Hall–Kier alpha value is -2.20. The molecule has 0 spiro atoms. The van der Waals surface area contributed by atoms with Crippen molar-refractivity contribution in [1.29, 1.82) is 0 Å². The van der Waals surface area contributed by atoms with Crippen molar-refractivity contribution in [2.24, 2.45) is 5.41 Å². The molecular weight excluding hydrogens is 254 g/mol. The van der Waals surface area contributed by atoms with Gasteiger partial charge in [-0.3, -0.25) is 9.59 Å². The van der Waals surface area contributed by atoms with Gasteiger partial charge in [0.15, 0.2) is 0 Å². The number of benzene rings is 1. The second kappa shape index (κ2) is 4.15. The average Bonchev–Trinajstić information content (AvgIpc) is 2.60. The highest BCUT2D eigenvalue weighted by atomic mass is 16.3. The number of carbonyl (C=O) groups is 2. The minimum absolute atomic E-state index is 0.529. The molecule has 1 aromatic rings. The van der Waals surface area contributed by atoms with E-state index in [1.165, 1.54) is 12.2 Å². The van der Waals surface area contributed by atoms with Gasteiger partial charge in [0.25, 0.3) is 0 Å². The normalized spacial score (nSPS) is 24.4. The van der Waals surface area contributed by atoms with Gasteiger partial charge in [-0.05, 0) is 23.8 Å². The zero-order valence-electron chi connectivity index (χ0n) is 11.3. The van der Waals surface area contributed by atoms with Crippen molar-refractivity contribution < 1.29 is 14.7 Å². The summed E-state index contributed by atoms with van der Waals surface area (Å²) in [5, 5.41) is 10.6. The molecule has 3 rings (SSSR count). The minimum atomic E-state index is -0.818. The number of anilines is 1. The maximum atomic E-state index is 11.7. The molecule has 1 N–H and O–H groups in total. The summed E-state index contributed by atoms with van der Waals surface area (Å²) in [4.78, 5) is 25.0. The van der Waals surface area contributed by atoms with Gasteiger partial charge >= 0.3 is 0 Å². The minimum Gasteiger partial charge on any atom is -0.372 e. The summed E-state index contributed by atoms with van der Waals surface area (Å²) in [6.07, 6.45) is 1.85. The average molecular weight is 269 g/mol. The Bertz CT molecular complexity index is 656. The Kier molecular flexibility index (Phi) is 2.66. The van der Waals surface area contributed by atoms with Gasteiger partial charge in [-0.25, -0.2) is 0 Å². The van der Waals surface area contributed by atoms with Gasteiger partial charge in [-0.1, -0.05) is 32.0 Å². The van der Waals surface area contributed by atoms with Crippen LogP contribution in [0.4, 0.5) is 5.69 Å². The lowest BCUT2D eigenvalue weighted by molar-refractivity contribution is -0.131. The highest BCUT2D eigenvalue weighted by Crippen LogP contribution is 2.48. The third-order valence-corrected chi connectivity index (χ3v) is 3.94. The molecule has 0 bridgehead atoms. The lowest BCUT2D eigenvalue weighted by atomic mass is 9.82. The van der Waals surface area contributed by atoms with Gasteiger partial charge in [-0.15, -0.1) is 0 Å². The fourth-order valence-corrected chi connectivity index (χ4v) is 2.73. The highest BCUT2D eigenvalue weighted by molar-refractivity contribution is 6.47. The van der Waals surface area contributed by atoms with Crippen LogP contribution in [0.1, 0.15) is 13.8 Å². The van der Waals surface area contributed by atoms with E-state index in [-0.39, 0.29) is 0 Å². The molecule has 102 valence electrons. The van der Waals surface area contributed by atoms with Crippen LogP contribution in [-0.2, 0) is 9.59 Å². The fraction of sp³-hybridized carbons (Fsp3) is 0.250. The number of rotatable bonds is 1. The standard InChI is InChI=1S/C16H15NO3/c1-16(2)11-8-13(18)14(19)9-12(11)17(15(16)20)10-6-4-3-5-7-10/h3-9,15,20H,1-2H3. The van der Waals surface area contributed by atoms with Crippen LogP contribution in [0.15, 0.2) is 53.8 Å². The zero-order chi connectivity index (χ0) is 14.5. The largest absolute Gasteiger partial charge is 0.372 e. The van der Waals surface area contributed by atoms with Gasteiger partial charge < -0.3 is 10.0 Å². The van der Waals surface area contributed by atoms with Crippen LogP contribution in [0.25, 0.3) is 0 Å². The van der Waals surface area contributed by atoms with E-state index in [2.05, 4.69) is 0 Å². The van der Waals surface area contributed by atoms with Gasteiger partial charge in [0.2, 0.25) is 11.6 Å². The van der Waals surface area contributed by atoms with Gasteiger partial charge in [-0.2, -0.15) is 0 Å². The molecule has 1 aromatic carbocycles. The summed E-state index contributed by atoms with van der Waals surface area (Å²) in [6, 6.07) is 9.35. The maximum Gasteiger partial charge on any atom is 0.227 e. The number of para-hydroxylation sites is 1. The van der Waals surface area contributed by atoms with E-state index in [9.17, 15) is 14.7 Å². The summed E-state index contributed by atoms with van der Waals surface area (Å²) >= 11 is 0. The summed E-state index contributed by atoms with van der Waals surface area (Å²) in [6.45, 7) is 3.73. The Labute approximate surface area is 117 Å². The highest BCUT2D eigenvalue weighted by Gasteiger charge is 2.49. The van der Waals surface area contributed by atoms with E-state index >= 15 is 0 Å². The van der Waals surface area contributed by atoms with Crippen molar-refractivity contribution in [3.05, 3.63) is 53.8 Å². The van der Waals surface area contributed by atoms with Crippen LogP contribution in [-0.4, -0.2) is 22.9 Å². The third kappa shape index (κ3) is 1.65. The number of aliphatic hydroxyl groups excluding tert-OH is 1. The van der Waals surface area contributed by atoms with E-state index in [4.69, 9.17) is 0 Å². The summed E-state index contributed by atoms with van der Waals surface area (Å²) in [5.41, 5.74) is 1.50. The molecule has 1 heterocycles. The molecule has 1 aliphatic heterocycles. The Morgan fingerprint density at radius 3 is 2.30 bits per heavy atom. The first-order chi connectivity index (χ1) is 9.43. The number of hydrogen-bond donors (Lipinski definition) is 1. The third-order valence-electron chi connectivity index (χ3n) is 3.94. The molecule has 1 atom stereocenters. The molecule has 20 heavy (non-hydrogen) atoms. The molecule has 1 saturated heterocycles. The quantitative estimate of drug-likeness (QED) is 0.624. The van der Waals surface area contributed by atoms with Crippen LogP contribution in [0.2, 0.25) is 0 Å². The van der Waals surface area contributed by atoms with Crippen LogP contribution in [0, 0.1) is 5.41 Å². The molecule has 0 aromatic heterocycles. The Balaban J connectivity index is 2.18. The van der Waals surface area contributed by atoms with Crippen LogP contribution < -0.4 is 4.90 Å². The molecule has 1 fully saturated rings. The van der Waals surface area contributed by atoms with Crippen LogP contribution in [0.3, 0.4) is 0 Å². The number of allylic oxidation sites excluding steroid dienone is 3. The molecule has 0 amide bonds. The SMILES string of the molecule is CC1(C)C2=CC(=O)C(=O)C=C2N(c2ccccc2)C1O. The van der Waals surface area contributed by atoms with Crippen molar-refractivity contribution in [3.8, 4) is 0 Å². The number of carbonyl (C=O) groups excluding carboxylic acids is 2.